The van der Waals surface area contributed by atoms with Crippen LogP contribution in [-0.4, -0.2) is 17.3 Å². The lowest BCUT2D eigenvalue weighted by molar-refractivity contribution is -0.383. The topological polar surface area (TPSA) is 69.4 Å². The summed E-state index contributed by atoms with van der Waals surface area (Å²) in [6.07, 6.45) is 0. The summed E-state index contributed by atoms with van der Waals surface area (Å²) in [6, 6.07) is 9.80. The third-order valence-corrected chi connectivity index (χ3v) is 2.49. The van der Waals surface area contributed by atoms with Gasteiger partial charge in [0.25, 0.3) is 5.69 Å². The van der Waals surface area contributed by atoms with Crippen molar-refractivity contribution in [1.29, 1.82) is 0 Å². The molecule has 2 aromatic rings. The molecule has 5 nitrogen and oxygen atoms in total. The van der Waals surface area contributed by atoms with Gasteiger partial charge in [-0.1, -0.05) is 18.2 Å². The van der Waals surface area contributed by atoms with E-state index >= 15 is 0 Å². The first-order chi connectivity index (χ1) is 8.59. The Morgan fingerprint density at radius 2 is 1.89 bits per heavy atom. The minimum absolute atomic E-state index is 0.0285. The second kappa shape index (κ2) is 4.83. The van der Waals surface area contributed by atoms with Crippen LogP contribution in [0.1, 0.15) is 6.92 Å². The highest BCUT2D eigenvalue weighted by Crippen LogP contribution is 2.32. The number of benzene rings is 2. The summed E-state index contributed by atoms with van der Waals surface area (Å²) in [6.45, 7) is 1.38. The number of ketones is 1. The monoisotopic (exact) mass is 245 g/mol. The van der Waals surface area contributed by atoms with Crippen LogP contribution in [-0.2, 0) is 4.79 Å². The fraction of sp³-hybridized carbons (Fsp3) is 0.154. The van der Waals surface area contributed by atoms with Gasteiger partial charge in [-0.05, 0) is 19.1 Å². The Morgan fingerprint density at radius 3 is 2.50 bits per heavy atom. The Labute approximate surface area is 103 Å². The van der Waals surface area contributed by atoms with Crippen LogP contribution in [0.4, 0.5) is 5.69 Å². The molecule has 0 unspecified atom stereocenters. The quantitative estimate of drug-likeness (QED) is 0.613. The number of Topliss-reactive ketones (excluding diaryl/α,β-unsaturated/α-hetero) is 1. The van der Waals surface area contributed by atoms with E-state index in [-0.39, 0.29) is 18.1 Å². The lowest BCUT2D eigenvalue weighted by Crippen LogP contribution is -2.06. The SMILES string of the molecule is CC(=O)COc1ccc([N+](=O)[O-])c2ccccc12. The highest BCUT2D eigenvalue weighted by atomic mass is 16.6. The summed E-state index contributed by atoms with van der Waals surface area (Å²) in [5, 5.41) is 12.0. The van der Waals surface area contributed by atoms with E-state index in [1.165, 1.54) is 19.1 Å². The van der Waals surface area contributed by atoms with Gasteiger partial charge in [0.2, 0.25) is 0 Å². The van der Waals surface area contributed by atoms with E-state index in [1.54, 1.807) is 24.3 Å². The molecule has 0 aliphatic carbocycles. The van der Waals surface area contributed by atoms with Crippen molar-refractivity contribution in [2.45, 2.75) is 6.92 Å². The highest BCUT2D eigenvalue weighted by molar-refractivity contribution is 5.95. The number of ether oxygens (including phenoxy) is 1. The van der Waals surface area contributed by atoms with Crippen molar-refractivity contribution in [1.82, 2.24) is 0 Å². The van der Waals surface area contributed by atoms with E-state index < -0.39 is 4.92 Å². The number of rotatable bonds is 4. The Bertz CT molecular complexity index is 621. The second-order valence-corrected chi connectivity index (χ2v) is 3.88. The zero-order chi connectivity index (χ0) is 13.1. The van der Waals surface area contributed by atoms with Crippen LogP contribution < -0.4 is 4.74 Å². The van der Waals surface area contributed by atoms with Crippen molar-refractivity contribution in [2.24, 2.45) is 0 Å². The Hall–Kier alpha value is -2.43. The van der Waals surface area contributed by atoms with Crippen molar-refractivity contribution in [3.8, 4) is 5.75 Å². The number of hydrogen-bond donors (Lipinski definition) is 0. The average molecular weight is 245 g/mol. The lowest BCUT2D eigenvalue weighted by atomic mass is 10.1. The normalized spacial score (nSPS) is 10.3. The van der Waals surface area contributed by atoms with Crippen LogP contribution in [0.3, 0.4) is 0 Å². The number of nitro groups is 1. The molecule has 0 aliphatic rings. The minimum atomic E-state index is -0.433. The first kappa shape index (κ1) is 12.0. The first-order valence-electron chi connectivity index (χ1n) is 5.38. The Morgan fingerprint density at radius 1 is 1.22 bits per heavy atom. The molecule has 2 rings (SSSR count). The second-order valence-electron chi connectivity index (χ2n) is 3.88. The number of non-ortho nitro benzene ring substituents is 1. The maximum absolute atomic E-state index is 10.9. The number of carbonyl (C=O) groups excluding carboxylic acids is 1. The van der Waals surface area contributed by atoms with Crippen molar-refractivity contribution in [3.05, 3.63) is 46.5 Å². The van der Waals surface area contributed by atoms with Gasteiger partial charge < -0.3 is 4.74 Å². The van der Waals surface area contributed by atoms with Gasteiger partial charge in [0, 0.05) is 11.5 Å². The van der Waals surface area contributed by atoms with E-state index in [1.807, 2.05) is 0 Å². The van der Waals surface area contributed by atoms with Crippen molar-refractivity contribution >= 4 is 22.2 Å². The van der Waals surface area contributed by atoms with E-state index in [0.29, 0.717) is 16.5 Å². The maximum Gasteiger partial charge on any atom is 0.277 e. The van der Waals surface area contributed by atoms with Gasteiger partial charge in [-0.25, -0.2) is 0 Å². The molecule has 0 saturated carbocycles. The smallest absolute Gasteiger partial charge is 0.277 e. The molecule has 0 N–H and O–H groups in total. The zero-order valence-corrected chi connectivity index (χ0v) is 9.75. The summed E-state index contributed by atoms with van der Waals surface area (Å²) in [5.41, 5.74) is 0.0285. The molecule has 0 spiro atoms. The third kappa shape index (κ3) is 2.29. The summed E-state index contributed by atoms with van der Waals surface area (Å²) in [5.74, 6) is 0.379. The molecule has 92 valence electrons. The van der Waals surface area contributed by atoms with Gasteiger partial charge in [0.15, 0.2) is 5.78 Å². The molecule has 2 aromatic carbocycles. The number of hydrogen-bond acceptors (Lipinski definition) is 4. The molecule has 0 amide bonds. The van der Waals surface area contributed by atoms with Gasteiger partial charge >= 0.3 is 0 Å². The van der Waals surface area contributed by atoms with Gasteiger partial charge in [-0.2, -0.15) is 0 Å². The Kier molecular flexibility index (Phi) is 3.23. The molecule has 0 aromatic heterocycles. The highest BCUT2D eigenvalue weighted by Gasteiger charge is 2.14. The van der Waals surface area contributed by atoms with Crippen LogP contribution in [0.15, 0.2) is 36.4 Å². The van der Waals surface area contributed by atoms with E-state index in [2.05, 4.69) is 0 Å². The molecule has 0 radical (unpaired) electrons. The summed E-state index contributed by atoms with van der Waals surface area (Å²) >= 11 is 0. The maximum atomic E-state index is 10.9. The summed E-state index contributed by atoms with van der Waals surface area (Å²) in [7, 11) is 0. The molecule has 0 atom stereocenters. The number of carbonyl (C=O) groups is 1. The number of nitrogens with zero attached hydrogens (tertiary/aromatic N) is 1. The summed E-state index contributed by atoms with van der Waals surface area (Å²) in [4.78, 5) is 21.4. The van der Waals surface area contributed by atoms with Crippen LogP contribution in [0.5, 0.6) is 5.75 Å². The minimum Gasteiger partial charge on any atom is -0.485 e. The van der Waals surface area contributed by atoms with E-state index in [0.717, 1.165) is 0 Å². The molecule has 0 saturated heterocycles. The fourth-order valence-corrected chi connectivity index (χ4v) is 1.72. The average Bonchev–Trinajstić information content (AvgIpc) is 2.35. The zero-order valence-electron chi connectivity index (χ0n) is 9.75. The molecular weight excluding hydrogens is 234 g/mol. The van der Waals surface area contributed by atoms with Crippen molar-refractivity contribution < 1.29 is 14.5 Å². The fourth-order valence-electron chi connectivity index (χ4n) is 1.72. The molecule has 0 aliphatic heterocycles. The molecule has 0 fully saturated rings. The van der Waals surface area contributed by atoms with E-state index in [9.17, 15) is 14.9 Å². The van der Waals surface area contributed by atoms with Gasteiger partial charge in [-0.15, -0.1) is 0 Å². The molecule has 5 heteroatoms. The number of nitro benzene ring substituents is 1. The van der Waals surface area contributed by atoms with Crippen molar-refractivity contribution in [2.75, 3.05) is 6.61 Å². The van der Waals surface area contributed by atoms with Crippen molar-refractivity contribution in [3.63, 3.8) is 0 Å². The van der Waals surface area contributed by atoms with Crippen LogP contribution in [0.2, 0.25) is 0 Å². The largest absolute Gasteiger partial charge is 0.485 e. The number of fused-ring (bicyclic) bond motifs is 1. The van der Waals surface area contributed by atoms with Gasteiger partial charge in [0.1, 0.15) is 12.4 Å². The predicted octanol–water partition coefficient (Wildman–Crippen LogP) is 2.72. The van der Waals surface area contributed by atoms with Gasteiger partial charge in [-0.3, -0.25) is 14.9 Å². The lowest BCUT2D eigenvalue weighted by Gasteiger charge is -2.08. The molecule has 0 bridgehead atoms. The third-order valence-electron chi connectivity index (χ3n) is 2.49. The van der Waals surface area contributed by atoms with Crippen LogP contribution >= 0.6 is 0 Å². The molecule has 18 heavy (non-hydrogen) atoms. The van der Waals surface area contributed by atoms with Crippen LogP contribution in [0, 0.1) is 10.1 Å². The standard InChI is InChI=1S/C13H11NO4/c1-9(15)8-18-13-7-6-12(14(16)17)10-4-2-3-5-11(10)13/h2-7H,8H2,1H3. The first-order valence-corrected chi connectivity index (χ1v) is 5.38. The molecule has 0 heterocycles. The van der Waals surface area contributed by atoms with Crippen LogP contribution in [0.25, 0.3) is 10.8 Å². The predicted molar refractivity (Wildman–Crippen MR) is 66.8 cm³/mol. The van der Waals surface area contributed by atoms with E-state index in [4.69, 9.17) is 4.74 Å². The van der Waals surface area contributed by atoms with Gasteiger partial charge in [0.05, 0.1) is 10.3 Å². The molecular formula is C13H11NO4. The Balaban J connectivity index is 2.53. The summed E-state index contributed by atoms with van der Waals surface area (Å²) < 4.78 is 5.34.